The molecule has 0 bridgehead atoms. The van der Waals surface area contributed by atoms with Crippen molar-refractivity contribution < 1.29 is 9.84 Å². The van der Waals surface area contributed by atoms with E-state index < -0.39 is 6.10 Å². The molecule has 3 nitrogen and oxygen atoms in total. The van der Waals surface area contributed by atoms with Gasteiger partial charge in [0, 0.05) is 6.54 Å². The first-order chi connectivity index (χ1) is 8.04. The number of hydrogen-bond acceptors (Lipinski definition) is 3. The van der Waals surface area contributed by atoms with Gasteiger partial charge < -0.3 is 15.2 Å². The largest absolute Gasteiger partial charge is 0.491 e. The monoisotopic (exact) mass is 237 g/mol. The van der Waals surface area contributed by atoms with Gasteiger partial charge >= 0.3 is 0 Å². The van der Waals surface area contributed by atoms with Crippen LogP contribution in [0.2, 0.25) is 0 Å². The molecule has 0 saturated heterocycles. The summed E-state index contributed by atoms with van der Waals surface area (Å²) < 4.78 is 5.55. The first-order valence-corrected chi connectivity index (χ1v) is 6.10. The number of hydrogen-bond donors (Lipinski definition) is 2. The molecule has 1 rings (SSSR count). The van der Waals surface area contributed by atoms with Gasteiger partial charge in [-0.1, -0.05) is 19.9 Å². The zero-order chi connectivity index (χ0) is 12.8. The minimum absolute atomic E-state index is 0.321. The van der Waals surface area contributed by atoms with Crippen molar-refractivity contribution in [3.63, 3.8) is 0 Å². The summed E-state index contributed by atoms with van der Waals surface area (Å²) in [5, 5.41) is 12.4. The Morgan fingerprint density at radius 2 is 2.06 bits per heavy atom. The molecule has 0 aromatic heterocycles. The molecule has 0 aliphatic rings. The van der Waals surface area contributed by atoms with Gasteiger partial charge in [0.2, 0.25) is 0 Å². The predicted molar refractivity (Wildman–Crippen MR) is 70.7 cm³/mol. The Morgan fingerprint density at radius 1 is 1.35 bits per heavy atom. The van der Waals surface area contributed by atoms with Crippen LogP contribution in [0.1, 0.15) is 30.9 Å². The van der Waals surface area contributed by atoms with Crippen molar-refractivity contribution in [2.75, 3.05) is 20.2 Å². The summed E-state index contributed by atoms with van der Waals surface area (Å²) in [5.41, 5.74) is 2.58. The molecule has 1 aromatic rings. The summed E-state index contributed by atoms with van der Waals surface area (Å²) in [6, 6.07) is 6.09. The third kappa shape index (κ3) is 4.36. The fourth-order valence-corrected chi connectivity index (χ4v) is 1.87. The molecule has 0 amide bonds. The molecule has 0 aliphatic carbocycles. The Labute approximate surface area is 104 Å². The average molecular weight is 237 g/mol. The van der Waals surface area contributed by atoms with Gasteiger partial charge in [-0.15, -0.1) is 0 Å². The van der Waals surface area contributed by atoms with Crippen LogP contribution in [0.25, 0.3) is 0 Å². The summed E-state index contributed by atoms with van der Waals surface area (Å²) in [6.07, 6.45) is -0.468. The Bertz CT molecular complexity index is 350. The predicted octanol–water partition coefficient (Wildman–Crippen LogP) is 2.08. The first-order valence-electron chi connectivity index (χ1n) is 6.10. The summed E-state index contributed by atoms with van der Waals surface area (Å²) in [7, 11) is 1.81. The lowest BCUT2D eigenvalue weighted by molar-refractivity contribution is 0.108. The van der Waals surface area contributed by atoms with Crippen LogP contribution in [0.5, 0.6) is 5.75 Å². The van der Waals surface area contributed by atoms with E-state index in [2.05, 4.69) is 32.2 Å². The minimum atomic E-state index is -0.468. The van der Waals surface area contributed by atoms with Crippen molar-refractivity contribution in [1.82, 2.24) is 5.32 Å². The molecule has 2 N–H and O–H groups in total. The van der Waals surface area contributed by atoms with E-state index in [1.807, 2.05) is 19.2 Å². The maximum Gasteiger partial charge on any atom is 0.119 e. The smallest absolute Gasteiger partial charge is 0.119 e. The fraction of sp³-hybridized carbons (Fsp3) is 0.571. The maximum atomic E-state index is 9.54. The van der Waals surface area contributed by atoms with Gasteiger partial charge in [0.15, 0.2) is 0 Å². The molecule has 0 fully saturated rings. The normalized spacial score (nSPS) is 12.8. The number of aryl methyl sites for hydroxylation is 1. The van der Waals surface area contributed by atoms with Crippen LogP contribution in [-0.4, -0.2) is 31.4 Å². The number of ether oxygens (including phenoxy) is 1. The zero-order valence-electron chi connectivity index (χ0n) is 11.2. The van der Waals surface area contributed by atoms with Gasteiger partial charge in [-0.3, -0.25) is 0 Å². The summed E-state index contributed by atoms with van der Waals surface area (Å²) in [4.78, 5) is 0. The van der Waals surface area contributed by atoms with Crippen molar-refractivity contribution in [1.29, 1.82) is 0 Å². The number of aliphatic hydroxyl groups is 1. The third-order valence-corrected chi connectivity index (χ3v) is 2.75. The molecule has 96 valence electrons. The molecule has 0 spiro atoms. The SMILES string of the molecule is CNCC(O)COc1ccc(C(C)C)c(C)c1. The van der Waals surface area contributed by atoms with E-state index in [0.717, 1.165) is 5.75 Å². The van der Waals surface area contributed by atoms with Crippen LogP contribution in [-0.2, 0) is 0 Å². The highest BCUT2D eigenvalue weighted by atomic mass is 16.5. The second kappa shape index (κ2) is 6.62. The molecular formula is C14H23NO2. The van der Waals surface area contributed by atoms with Crippen LogP contribution >= 0.6 is 0 Å². The van der Waals surface area contributed by atoms with Crippen molar-refractivity contribution in [3.8, 4) is 5.75 Å². The van der Waals surface area contributed by atoms with Crippen molar-refractivity contribution >= 4 is 0 Å². The summed E-state index contributed by atoms with van der Waals surface area (Å²) in [5.74, 6) is 1.35. The first kappa shape index (κ1) is 14.0. The van der Waals surface area contributed by atoms with E-state index >= 15 is 0 Å². The lowest BCUT2D eigenvalue weighted by Crippen LogP contribution is -2.29. The summed E-state index contributed by atoms with van der Waals surface area (Å²) in [6.45, 7) is 7.32. The van der Waals surface area contributed by atoms with Gasteiger partial charge in [-0.25, -0.2) is 0 Å². The summed E-state index contributed by atoms with van der Waals surface area (Å²) >= 11 is 0. The third-order valence-electron chi connectivity index (χ3n) is 2.75. The molecule has 3 heteroatoms. The lowest BCUT2D eigenvalue weighted by Gasteiger charge is -2.14. The maximum absolute atomic E-state index is 9.54. The molecular weight excluding hydrogens is 214 g/mol. The number of rotatable bonds is 6. The van der Waals surface area contributed by atoms with E-state index in [0.29, 0.717) is 19.1 Å². The highest BCUT2D eigenvalue weighted by molar-refractivity contribution is 5.36. The van der Waals surface area contributed by atoms with E-state index in [9.17, 15) is 5.11 Å². The average Bonchev–Trinajstić information content (AvgIpc) is 2.26. The fourth-order valence-electron chi connectivity index (χ4n) is 1.87. The highest BCUT2D eigenvalue weighted by Crippen LogP contribution is 2.23. The minimum Gasteiger partial charge on any atom is -0.491 e. The molecule has 17 heavy (non-hydrogen) atoms. The van der Waals surface area contributed by atoms with Crippen LogP contribution in [0.3, 0.4) is 0 Å². The van der Waals surface area contributed by atoms with Gasteiger partial charge in [-0.05, 0) is 43.1 Å². The number of likely N-dealkylation sites (N-methyl/N-ethyl adjacent to an activating group) is 1. The van der Waals surface area contributed by atoms with E-state index in [1.54, 1.807) is 0 Å². The molecule has 0 heterocycles. The molecule has 0 saturated carbocycles. The quantitative estimate of drug-likeness (QED) is 0.796. The van der Waals surface area contributed by atoms with E-state index in [1.165, 1.54) is 11.1 Å². The standard InChI is InChI=1S/C14H23NO2/c1-10(2)14-6-5-13(7-11(14)3)17-9-12(16)8-15-4/h5-7,10,12,15-16H,8-9H2,1-4H3. The Hall–Kier alpha value is -1.06. The molecule has 0 radical (unpaired) electrons. The Kier molecular flexibility index (Phi) is 5.45. The van der Waals surface area contributed by atoms with Gasteiger partial charge in [0.05, 0.1) is 0 Å². The Morgan fingerprint density at radius 3 is 2.59 bits per heavy atom. The van der Waals surface area contributed by atoms with Crippen molar-refractivity contribution in [2.24, 2.45) is 0 Å². The topological polar surface area (TPSA) is 41.5 Å². The lowest BCUT2D eigenvalue weighted by atomic mass is 9.98. The van der Waals surface area contributed by atoms with Crippen LogP contribution in [0.4, 0.5) is 0 Å². The second-order valence-electron chi connectivity index (χ2n) is 4.70. The molecule has 0 aliphatic heterocycles. The van der Waals surface area contributed by atoms with Crippen LogP contribution < -0.4 is 10.1 Å². The van der Waals surface area contributed by atoms with Gasteiger partial charge in [0.1, 0.15) is 18.5 Å². The second-order valence-corrected chi connectivity index (χ2v) is 4.70. The zero-order valence-corrected chi connectivity index (χ0v) is 11.2. The molecule has 1 atom stereocenters. The highest BCUT2D eigenvalue weighted by Gasteiger charge is 2.07. The van der Waals surface area contributed by atoms with Crippen LogP contribution in [0, 0.1) is 6.92 Å². The molecule has 1 aromatic carbocycles. The van der Waals surface area contributed by atoms with Gasteiger partial charge in [0.25, 0.3) is 0 Å². The van der Waals surface area contributed by atoms with Crippen molar-refractivity contribution in [3.05, 3.63) is 29.3 Å². The van der Waals surface area contributed by atoms with Crippen molar-refractivity contribution in [2.45, 2.75) is 32.8 Å². The van der Waals surface area contributed by atoms with Gasteiger partial charge in [-0.2, -0.15) is 0 Å². The Balaban J connectivity index is 2.58. The van der Waals surface area contributed by atoms with E-state index in [-0.39, 0.29) is 0 Å². The number of aliphatic hydroxyl groups excluding tert-OH is 1. The van der Waals surface area contributed by atoms with E-state index in [4.69, 9.17) is 4.74 Å². The number of nitrogens with one attached hydrogen (secondary N) is 1. The molecule has 1 unspecified atom stereocenters. The number of benzene rings is 1. The van der Waals surface area contributed by atoms with Crippen LogP contribution in [0.15, 0.2) is 18.2 Å².